The van der Waals surface area contributed by atoms with E-state index in [0.717, 1.165) is 30.6 Å². The van der Waals surface area contributed by atoms with Crippen molar-refractivity contribution in [2.75, 3.05) is 19.0 Å². The molecule has 0 spiro atoms. The molecule has 0 atom stereocenters. The molecule has 1 aromatic carbocycles. The Labute approximate surface area is 148 Å². The van der Waals surface area contributed by atoms with E-state index >= 15 is 0 Å². The minimum absolute atomic E-state index is 0.123. The molecule has 6 nitrogen and oxygen atoms in total. The van der Waals surface area contributed by atoms with Crippen LogP contribution in [0.2, 0.25) is 0 Å². The summed E-state index contributed by atoms with van der Waals surface area (Å²) < 4.78 is 5.36. The molecule has 1 heterocycles. The molecule has 1 aliphatic carbocycles. The zero-order valence-electron chi connectivity index (χ0n) is 14.5. The number of para-hydroxylation sites is 1. The predicted molar refractivity (Wildman–Crippen MR) is 96.9 cm³/mol. The molecule has 1 aromatic heterocycles. The van der Waals surface area contributed by atoms with Gasteiger partial charge >= 0.3 is 0 Å². The Bertz CT molecular complexity index is 714. The monoisotopic (exact) mass is 340 g/mol. The van der Waals surface area contributed by atoms with Gasteiger partial charge in [0.05, 0.1) is 7.11 Å². The summed E-state index contributed by atoms with van der Waals surface area (Å²) in [7, 11) is 1.67. The molecule has 1 aliphatic rings. The molecule has 1 saturated carbocycles. The van der Waals surface area contributed by atoms with Crippen LogP contribution in [-0.2, 0) is 6.42 Å². The van der Waals surface area contributed by atoms with Gasteiger partial charge in [0.1, 0.15) is 23.6 Å². The number of nitrogens with zero attached hydrogens (tertiary/aromatic N) is 2. The van der Waals surface area contributed by atoms with Gasteiger partial charge in [-0.1, -0.05) is 31.0 Å². The van der Waals surface area contributed by atoms with Gasteiger partial charge in [0.25, 0.3) is 5.91 Å². The first kappa shape index (κ1) is 17.2. The Balaban J connectivity index is 1.55. The number of methoxy groups -OCH3 is 1. The van der Waals surface area contributed by atoms with E-state index in [2.05, 4.69) is 20.6 Å². The summed E-state index contributed by atoms with van der Waals surface area (Å²) in [5.74, 6) is 1.41. The Morgan fingerprint density at radius 1 is 1.24 bits per heavy atom. The van der Waals surface area contributed by atoms with Crippen molar-refractivity contribution in [1.29, 1.82) is 0 Å². The van der Waals surface area contributed by atoms with E-state index in [1.807, 2.05) is 24.3 Å². The van der Waals surface area contributed by atoms with Crippen molar-refractivity contribution in [3.05, 3.63) is 47.9 Å². The van der Waals surface area contributed by atoms with Gasteiger partial charge in [-0.15, -0.1) is 0 Å². The van der Waals surface area contributed by atoms with Crippen molar-refractivity contribution >= 4 is 11.7 Å². The molecule has 132 valence electrons. The molecule has 3 rings (SSSR count). The first-order valence-corrected chi connectivity index (χ1v) is 8.75. The van der Waals surface area contributed by atoms with Crippen LogP contribution >= 0.6 is 0 Å². The highest BCUT2D eigenvalue weighted by molar-refractivity contribution is 5.93. The van der Waals surface area contributed by atoms with Crippen LogP contribution in [-0.4, -0.2) is 35.6 Å². The Morgan fingerprint density at radius 2 is 2.04 bits per heavy atom. The van der Waals surface area contributed by atoms with E-state index in [-0.39, 0.29) is 11.9 Å². The number of ether oxygens (including phenoxy) is 1. The molecule has 1 amide bonds. The maximum Gasteiger partial charge on any atom is 0.270 e. The predicted octanol–water partition coefficient (Wildman–Crippen LogP) is 2.81. The number of carbonyl (C=O) groups excluding carboxylic acids is 1. The third kappa shape index (κ3) is 4.68. The van der Waals surface area contributed by atoms with E-state index in [1.54, 1.807) is 13.2 Å². The largest absolute Gasteiger partial charge is 0.496 e. The van der Waals surface area contributed by atoms with Crippen LogP contribution in [0.5, 0.6) is 5.75 Å². The van der Waals surface area contributed by atoms with Gasteiger partial charge in [-0.05, 0) is 30.9 Å². The van der Waals surface area contributed by atoms with Gasteiger partial charge in [0, 0.05) is 18.7 Å². The first-order valence-electron chi connectivity index (χ1n) is 8.75. The van der Waals surface area contributed by atoms with Gasteiger partial charge in [0.2, 0.25) is 0 Å². The van der Waals surface area contributed by atoms with Crippen LogP contribution in [0.3, 0.4) is 0 Å². The lowest BCUT2D eigenvalue weighted by Gasteiger charge is -2.12. The number of aromatic nitrogens is 2. The Morgan fingerprint density at radius 3 is 2.84 bits per heavy atom. The summed E-state index contributed by atoms with van der Waals surface area (Å²) in [6.45, 7) is 0.696. The Kier molecular flexibility index (Phi) is 5.82. The summed E-state index contributed by atoms with van der Waals surface area (Å²) in [6.07, 6.45) is 6.71. The quantitative estimate of drug-likeness (QED) is 0.810. The van der Waals surface area contributed by atoms with E-state index < -0.39 is 0 Å². The van der Waals surface area contributed by atoms with Crippen LogP contribution in [0.4, 0.5) is 5.82 Å². The fourth-order valence-electron chi connectivity index (χ4n) is 3.14. The number of benzene rings is 1. The minimum atomic E-state index is -0.123. The van der Waals surface area contributed by atoms with Crippen LogP contribution in [0.15, 0.2) is 36.7 Å². The molecule has 2 N–H and O–H groups in total. The maximum atomic E-state index is 12.3. The third-order valence-electron chi connectivity index (χ3n) is 4.48. The van der Waals surface area contributed by atoms with Crippen LogP contribution in [0.1, 0.15) is 41.7 Å². The van der Waals surface area contributed by atoms with Gasteiger partial charge in [0.15, 0.2) is 0 Å². The number of nitrogens with one attached hydrogen (secondary N) is 2. The van der Waals surface area contributed by atoms with Crippen molar-refractivity contribution in [1.82, 2.24) is 15.3 Å². The normalized spacial score (nSPS) is 14.3. The van der Waals surface area contributed by atoms with E-state index in [9.17, 15) is 4.79 Å². The van der Waals surface area contributed by atoms with E-state index in [0.29, 0.717) is 18.1 Å². The average molecular weight is 340 g/mol. The molecular formula is C19H24N4O2. The lowest BCUT2D eigenvalue weighted by molar-refractivity contribution is 0.0932. The van der Waals surface area contributed by atoms with Crippen molar-refractivity contribution in [2.45, 2.75) is 38.1 Å². The zero-order valence-corrected chi connectivity index (χ0v) is 14.5. The third-order valence-corrected chi connectivity index (χ3v) is 4.48. The first-order chi connectivity index (χ1) is 12.3. The van der Waals surface area contributed by atoms with Crippen molar-refractivity contribution in [2.24, 2.45) is 0 Å². The second-order valence-corrected chi connectivity index (χ2v) is 6.23. The SMILES string of the molecule is COc1ccccc1CCNc1cc(C(=O)NC2CCCC2)ncn1. The topological polar surface area (TPSA) is 76.1 Å². The average Bonchev–Trinajstić information content (AvgIpc) is 3.15. The molecule has 2 aromatic rings. The summed E-state index contributed by atoms with van der Waals surface area (Å²) in [5.41, 5.74) is 1.53. The molecule has 6 heteroatoms. The summed E-state index contributed by atoms with van der Waals surface area (Å²) in [4.78, 5) is 20.6. The molecule has 0 unspecified atom stereocenters. The fourth-order valence-corrected chi connectivity index (χ4v) is 3.14. The standard InChI is InChI=1S/C19H24N4O2/c1-25-17-9-5-2-6-14(17)10-11-20-18-12-16(21-13-22-18)19(24)23-15-7-3-4-8-15/h2,5-6,9,12-13,15H,3-4,7-8,10-11H2,1H3,(H,23,24)(H,20,21,22). The molecule has 0 bridgehead atoms. The van der Waals surface area contributed by atoms with Crippen molar-refractivity contribution in [3.63, 3.8) is 0 Å². The van der Waals surface area contributed by atoms with E-state index in [4.69, 9.17) is 4.74 Å². The minimum Gasteiger partial charge on any atom is -0.496 e. The molecular weight excluding hydrogens is 316 g/mol. The Hall–Kier alpha value is -2.63. The van der Waals surface area contributed by atoms with Gasteiger partial charge in [-0.2, -0.15) is 0 Å². The molecule has 0 aliphatic heterocycles. The number of hydrogen-bond acceptors (Lipinski definition) is 5. The van der Waals surface area contributed by atoms with E-state index in [1.165, 1.54) is 19.2 Å². The smallest absolute Gasteiger partial charge is 0.270 e. The summed E-state index contributed by atoms with van der Waals surface area (Å²) in [5, 5.41) is 6.29. The maximum absolute atomic E-state index is 12.3. The highest BCUT2D eigenvalue weighted by atomic mass is 16.5. The molecule has 0 saturated heterocycles. The fraction of sp³-hybridized carbons (Fsp3) is 0.421. The number of amides is 1. The van der Waals surface area contributed by atoms with Crippen LogP contribution in [0, 0.1) is 0 Å². The number of anilines is 1. The van der Waals surface area contributed by atoms with Gasteiger partial charge in [-0.25, -0.2) is 9.97 Å². The summed E-state index contributed by atoms with van der Waals surface area (Å²) in [6, 6.07) is 9.92. The summed E-state index contributed by atoms with van der Waals surface area (Å²) >= 11 is 0. The molecule has 25 heavy (non-hydrogen) atoms. The van der Waals surface area contributed by atoms with Crippen molar-refractivity contribution < 1.29 is 9.53 Å². The molecule has 0 radical (unpaired) electrons. The highest BCUT2D eigenvalue weighted by Crippen LogP contribution is 2.19. The van der Waals surface area contributed by atoms with Crippen LogP contribution in [0.25, 0.3) is 0 Å². The van der Waals surface area contributed by atoms with Crippen molar-refractivity contribution in [3.8, 4) is 5.75 Å². The van der Waals surface area contributed by atoms with Gasteiger partial charge < -0.3 is 15.4 Å². The van der Waals surface area contributed by atoms with Gasteiger partial charge in [-0.3, -0.25) is 4.79 Å². The zero-order chi connectivity index (χ0) is 17.5. The number of carbonyl (C=O) groups is 1. The number of rotatable bonds is 7. The second kappa shape index (κ2) is 8.46. The number of hydrogen-bond donors (Lipinski definition) is 2. The lowest BCUT2D eigenvalue weighted by Crippen LogP contribution is -2.33. The second-order valence-electron chi connectivity index (χ2n) is 6.23. The van der Waals surface area contributed by atoms with Crippen LogP contribution < -0.4 is 15.4 Å². The lowest BCUT2D eigenvalue weighted by atomic mass is 10.1. The highest BCUT2D eigenvalue weighted by Gasteiger charge is 2.18. The molecule has 1 fully saturated rings.